The molecular weight excluding hydrogens is 293 g/mol. The summed E-state index contributed by atoms with van der Waals surface area (Å²) < 4.78 is 18.9. The van der Waals surface area contributed by atoms with Gasteiger partial charge in [-0.1, -0.05) is 11.6 Å². The number of hydrogen-bond acceptors (Lipinski definition) is 4. The minimum Gasteiger partial charge on any atom is -0.501 e. The molecule has 1 aromatic rings. The monoisotopic (exact) mass is 301 g/mol. The lowest BCUT2D eigenvalue weighted by Crippen LogP contribution is -2.33. The van der Waals surface area contributed by atoms with E-state index in [4.69, 9.17) is 21.4 Å². The normalized spacial score (nSPS) is 21.9. The van der Waals surface area contributed by atoms with Crippen molar-refractivity contribution in [2.75, 3.05) is 0 Å². The van der Waals surface area contributed by atoms with Gasteiger partial charge in [0.15, 0.2) is 0 Å². The van der Waals surface area contributed by atoms with Crippen LogP contribution in [0.3, 0.4) is 0 Å². The third-order valence-corrected chi connectivity index (χ3v) is 3.07. The van der Waals surface area contributed by atoms with Crippen LogP contribution >= 0.6 is 11.6 Å². The molecule has 1 atom stereocenters. The van der Waals surface area contributed by atoms with Gasteiger partial charge in [-0.05, 0) is 25.1 Å². The fraction of sp³-hybridized carbons (Fsp3) is 0.167. The fourth-order valence-corrected chi connectivity index (χ4v) is 2.02. The molecule has 0 bridgehead atoms. The van der Waals surface area contributed by atoms with Crippen LogP contribution in [0.4, 0.5) is 9.18 Å². The molecule has 20 heavy (non-hydrogen) atoms. The number of ketones is 1. The van der Waals surface area contributed by atoms with Crippen molar-refractivity contribution in [2.45, 2.75) is 12.5 Å². The molecule has 1 unspecified atom stereocenters. The lowest BCUT2D eigenvalue weighted by Gasteiger charge is -2.24. The highest BCUT2D eigenvalue weighted by Crippen LogP contribution is 2.38. The van der Waals surface area contributed by atoms with Crippen LogP contribution < -0.4 is 5.32 Å². The number of ether oxygens (including phenoxy) is 1. The number of hydrogen-bond donors (Lipinski definition) is 3. The number of Topliss-reactive ketones (excluding diaryl/α,β-unsaturated/α-hetero) is 1. The van der Waals surface area contributed by atoms with Crippen molar-refractivity contribution in [2.24, 2.45) is 0 Å². The van der Waals surface area contributed by atoms with Gasteiger partial charge in [0.05, 0.1) is 0 Å². The average Bonchev–Trinajstić information content (AvgIpc) is 2.57. The van der Waals surface area contributed by atoms with Gasteiger partial charge in [-0.15, -0.1) is 0 Å². The van der Waals surface area contributed by atoms with Gasteiger partial charge in [-0.2, -0.15) is 0 Å². The second-order valence-electron chi connectivity index (χ2n) is 4.20. The molecule has 0 radical (unpaired) electrons. The largest absolute Gasteiger partial charge is 0.501 e. The number of carbonyl (C=O) groups is 2. The number of carboxylic acid groups (broad SMARTS) is 1. The second kappa shape index (κ2) is 4.68. The van der Waals surface area contributed by atoms with E-state index in [-0.39, 0.29) is 10.6 Å². The molecule has 1 heterocycles. The number of aliphatic hydroxyl groups is 1. The molecule has 1 aromatic carbocycles. The summed E-state index contributed by atoms with van der Waals surface area (Å²) in [5.41, 5.74) is -2.10. The molecule has 1 aliphatic heterocycles. The zero-order chi connectivity index (χ0) is 15.1. The summed E-state index contributed by atoms with van der Waals surface area (Å²) >= 11 is 5.74. The first-order valence-electron chi connectivity index (χ1n) is 5.38. The van der Waals surface area contributed by atoms with Crippen LogP contribution in [0, 0.1) is 5.82 Å². The zero-order valence-corrected chi connectivity index (χ0v) is 10.9. The van der Waals surface area contributed by atoms with Crippen molar-refractivity contribution in [3.05, 3.63) is 46.2 Å². The Balaban J connectivity index is 2.46. The van der Waals surface area contributed by atoms with Gasteiger partial charge >= 0.3 is 6.09 Å². The van der Waals surface area contributed by atoms with E-state index in [1.807, 2.05) is 0 Å². The molecule has 8 heteroatoms. The molecule has 1 aliphatic rings. The van der Waals surface area contributed by atoms with Crippen molar-refractivity contribution in [3.63, 3.8) is 0 Å². The first-order chi connectivity index (χ1) is 9.25. The molecule has 0 fully saturated rings. The van der Waals surface area contributed by atoms with Gasteiger partial charge in [-0.25, -0.2) is 9.18 Å². The van der Waals surface area contributed by atoms with Crippen LogP contribution in [0.2, 0.25) is 5.02 Å². The summed E-state index contributed by atoms with van der Waals surface area (Å²) in [5, 5.41) is 20.1. The quantitative estimate of drug-likeness (QED) is 0.779. The maximum absolute atomic E-state index is 13.8. The molecular formula is C12H9ClFNO5. The first kappa shape index (κ1) is 14.1. The summed E-state index contributed by atoms with van der Waals surface area (Å²) in [7, 11) is 0. The Morgan fingerprint density at radius 1 is 1.50 bits per heavy atom. The van der Waals surface area contributed by atoms with Crippen molar-refractivity contribution in [1.29, 1.82) is 0 Å². The predicted octanol–water partition coefficient (Wildman–Crippen LogP) is 2.29. The third kappa shape index (κ3) is 2.16. The van der Waals surface area contributed by atoms with Crippen LogP contribution in [0.5, 0.6) is 0 Å². The highest BCUT2D eigenvalue weighted by Gasteiger charge is 2.49. The van der Waals surface area contributed by atoms with Crippen LogP contribution in [0.15, 0.2) is 29.8 Å². The van der Waals surface area contributed by atoms with Crippen molar-refractivity contribution in [1.82, 2.24) is 5.32 Å². The van der Waals surface area contributed by atoms with Gasteiger partial charge in [-0.3, -0.25) is 10.1 Å². The molecule has 6 nitrogen and oxygen atoms in total. The Labute approximate surface area is 117 Å². The molecule has 0 aromatic heterocycles. The third-order valence-electron chi connectivity index (χ3n) is 2.83. The van der Waals surface area contributed by atoms with Crippen molar-refractivity contribution >= 4 is 23.5 Å². The number of nitrogens with one attached hydrogen (secondary N) is 1. The number of rotatable bonds is 2. The number of carbonyl (C=O) groups excluding carboxylic acids is 1. The summed E-state index contributed by atoms with van der Waals surface area (Å²) in [6.45, 7) is 1.21. The minimum absolute atomic E-state index is 0.165. The van der Waals surface area contributed by atoms with Crippen LogP contribution in [0.25, 0.3) is 0 Å². The number of amides is 1. The summed E-state index contributed by atoms with van der Waals surface area (Å²) in [5.74, 6) is -3.31. The Bertz CT molecular complexity index is 645. The molecule has 0 aliphatic carbocycles. The molecule has 0 saturated heterocycles. The SMILES string of the molecule is CC1(c2cc(Cl)ccc2F)OC(NC(=O)O)=C(O)C1=O. The molecule has 106 valence electrons. The first-order valence-corrected chi connectivity index (χ1v) is 5.76. The van der Waals surface area contributed by atoms with Crippen LogP contribution in [0.1, 0.15) is 12.5 Å². The Morgan fingerprint density at radius 3 is 2.75 bits per heavy atom. The van der Waals surface area contributed by atoms with E-state index < -0.39 is 34.9 Å². The standard InChI is InChI=1S/C12H9ClFNO5/c1-12(6-4-5(13)2-3-7(6)14)9(17)8(16)10(20-12)15-11(18)19/h2-4,15-16H,1H3,(H,18,19). The van der Waals surface area contributed by atoms with Gasteiger partial charge in [0.2, 0.25) is 17.2 Å². The number of aliphatic hydroxyl groups excluding tert-OH is 1. The van der Waals surface area contributed by atoms with E-state index in [1.165, 1.54) is 19.1 Å². The van der Waals surface area contributed by atoms with Gasteiger partial charge in [0, 0.05) is 10.6 Å². The highest BCUT2D eigenvalue weighted by atomic mass is 35.5. The predicted molar refractivity (Wildman–Crippen MR) is 65.7 cm³/mol. The van der Waals surface area contributed by atoms with Crippen molar-refractivity contribution in [3.8, 4) is 0 Å². The highest BCUT2D eigenvalue weighted by molar-refractivity contribution is 6.30. The molecule has 0 spiro atoms. The average molecular weight is 302 g/mol. The minimum atomic E-state index is -1.89. The van der Waals surface area contributed by atoms with Crippen LogP contribution in [-0.2, 0) is 15.1 Å². The number of halogens is 2. The molecule has 2 rings (SSSR count). The molecule has 3 N–H and O–H groups in total. The van der Waals surface area contributed by atoms with E-state index in [2.05, 4.69) is 0 Å². The zero-order valence-electron chi connectivity index (χ0n) is 10.1. The van der Waals surface area contributed by atoms with Gasteiger partial charge in [0.1, 0.15) is 5.82 Å². The summed E-state index contributed by atoms with van der Waals surface area (Å²) in [6, 6.07) is 3.50. The maximum Gasteiger partial charge on any atom is 0.411 e. The van der Waals surface area contributed by atoms with E-state index in [0.29, 0.717) is 0 Å². The topological polar surface area (TPSA) is 95.9 Å². The number of benzene rings is 1. The lowest BCUT2D eigenvalue weighted by molar-refractivity contribution is -0.132. The maximum atomic E-state index is 13.8. The summed E-state index contributed by atoms with van der Waals surface area (Å²) in [6.07, 6.45) is -1.53. The van der Waals surface area contributed by atoms with E-state index in [9.17, 15) is 19.1 Å². The molecule has 1 amide bonds. The van der Waals surface area contributed by atoms with Gasteiger partial charge < -0.3 is 14.9 Å². The van der Waals surface area contributed by atoms with E-state index in [1.54, 1.807) is 5.32 Å². The fourth-order valence-electron chi connectivity index (χ4n) is 1.85. The summed E-state index contributed by atoms with van der Waals surface area (Å²) in [4.78, 5) is 22.5. The smallest absolute Gasteiger partial charge is 0.411 e. The Kier molecular flexibility index (Phi) is 3.31. The van der Waals surface area contributed by atoms with Crippen LogP contribution in [-0.4, -0.2) is 22.1 Å². The lowest BCUT2D eigenvalue weighted by atomic mass is 9.91. The molecule has 0 saturated carbocycles. The van der Waals surface area contributed by atoms with Gasteiger partial charge in [0.25, 0.3) is 5.78 Å². The second-order valence-corrected chi connectivity index (χ2v) is 4.63. The Morgan fingerprint density at radius 2 is 2.15 bits per heavy atom. The van der Waals surface area contributed by atoms with Crippen molar-refractivity contribution < 1.29 is 28.9 Å². The van der Waals surface area contributed by atoms with E-state index in [0.717, 1.165) is 6.07 Å². The Hall–Kier alpha value is -2.28. The van der Waals surface area contributed by atoms with E-state index >= 15 is 0 Å².